The summed E-state index contributed by atoms with van der Waals surface area (Å²) in [4.78, 5) is 32.9. The van der Waals surface area contributed by atoms with Crippen molar-refractivity contribution >= 4 is 11.8 Å². The van der Waals surface area contributed by atoms with E-state index < -0.39 is 0 Å². The highest BCUT2D eigenvalue weighted by molar-refractivity contribution is 5.79. The Bertz CT molecular complexity index is 436. The molecule has 0 radical (unpaired) electrons. The molecule has 2 saturated heterocycles. The Morgan fingerprint density at radius 1 is 1.00 bits per heavy atom. The van der Waals surface area contributed by atoms with Crippen molar-refractivity contribution in [3.8, 4) is 0 Å². The van der Waals surface area contributed by atoms with Crippen LogP contribution in [-0.4, -0.2) is 112 Å². The molecule has 7 nitrogen and oxygen atoms in total. The summed E-state index contributed by atoms with van der Waals surface area (Å²) in [6.07, 6.45) is 2.84. The molecule has 0 aliphatic carbocycles. The average Bonchev–Trinajstić information content (AvgIpc) is 2.85. The number of nitrogens with zero attached hydrogens (tertiary/aromatic N) is 4. The molecule has 0 unspecified atom stereocenters. The highest BCUT2D eigenvalue weighted by Crippen LogP contribution is 2.20. The van der Waals surface area contributed by atoms with Crippen LogP contribution in [0.4, 0.5) is 0 Å². The minimum atomic E-state index is 0.128. The fourth-order valence-electron chi connectivity index (χ4n) is 3.56. The van der Waals surface area contributed by atoms with Gasteiger partial charge in [-0.3, -0.25) is 14.5 Å². The lowest BCUT2D eigenvalue weighted by Gasteiger charge is -2.33. The Balaban J connectivity index is 1.76. The van der Waals surface area contributed by atoms with E-state index in [2.05, 4.69) is 9.80 Å². The molecule has 0 aromatic carbocycles. The number of amides is 2. The van der Waals surface area contributed by atoms with E-state index in [-0.39, 0.29) is 11.8 Å². The molecular weight excluding hydrogens is 320 g/mol. The first-order valence-electron chi connectivity index (χ1n) is 9.44. The van der Waals surface area contributed by atoms with Crippen LogP contribution in [0.1, 0.15) is 19.3 Å². The van der Waals surface area contributed by atoms with E-state index in [1.54, 1.807) is 26.1 Å². The van der Waals surface area contributed by atoms with Crippen LogP contribution in [-0.2, 0) is 14.3 Å². The minimum absolute atomic E-state index is 0.128. The molecule has 144 valence electrons. The Morgan fingerprint density at radius 3 is 2.36 bits per heavy atom. The van der Waals surface area contributed by atoms with Gasteiger partial charge in [0.25, 0.3) is 0 Å². The fraction of sp³-hybridized carbons (Fsp3) is 0.889. The van der Waals surface area contributed by atoms with E-state index in [0.29, 0.717) is 12.5 Å². The van der Waals surface area contributed by atoms with E-state index >= 15 is 0 Å². The summed E-state index contributed by atoms with van der Waals surface area (Å²) < 4.78 is 5.13. The second-order valence-corrected chi connectivity index (χ2v) is 7.35. The minimum Gasteiger partial charge on any atom is -0.383 e. The third-order valence-corrected chi connectivity index (χ3v) is 5.31. The largest absolute Gasteiger partial charge is 0.383 e. The number of carbonyl (C=O) groups excluding carboxylic acids is 2. The molecule has 2 aliphatic rings. The number of rotatable bonds is 6. The van der Waals surface area contributed by atoms with Crippen molar-refractivity contribution in [3.05, 3.63) is 0 Å². The summed E-state index contributed by atoms with van der Waals surface area (Å²) in [6.45, 7) is 7.36. The van der Waals surface area contributed by atoms with Crippen molar-refractivity contribution in [2.75, 3.05) is 80.2 Å². The normalized spacial score (nSPS) is 21.2. The van der Waals surface area contributed by atoms with Crippen LogP contribution in [0.2, 0.25) is 0 Å². The van der Waals surface area contributed by atoms with Gasteiger partial charge in [-0.2, -0.15) is 0 Å². The molecule has 0 aromatic heterocycles. The molecule has 2 fully saturated rings. The number of likely N-dealkylation sites (N-methyl/N-ethyl adjacent to an activating group) is 1. The van der Waals surface area contributed by atoms with E-state index in [1.165, 1.54) is 0 Å². The summed E-state index contributed by atoms with van der Waals surface area (Å²) >= 11 is 0. The topological polar surface area (TPSA) is 56.3 Å². The fourth-order valence-corrected chi connectivity index (χ4v) is 3.56. The van der Waals surface area contributed by atoms with Gasteiger partial charge in [0.05, 0.1) is 13.2 Å². The summed E-state index contributed by atoms with van der Waals surface area (Å²) in [5.41, 5.74) is 0. The molecule has 0 spiro atoms. The summed E-state index contributed by atoms with van der Waals surface area (Å²) in [6, 6.07) is 0. The number of hydrogen-bond acceptors (Lipinski definition) is 5. The molecule has 2 amide bonds. The quantitative estimate of drug-likeness (QED) is 0.670. The molecule has 2 rings (SSSR count). The molecular formula is C18H34N4O3. The second-order valence-electron chi connectivity index (χ2n) is 7.35. The van der Waals surface area contributed by atoms with Crippen LogP contribution < -0.4 is 0 Å². The lowest BCUT2D eigenvalue weighted by molar-refractivity contribution is -0.137. The first-order valence-corrected chi connectivity index (χ1v) is 9.44. The summed E-state index contributed by atoms with van der Waals surface area (Å²) in [5.74, 6) is 0.601. The summed E-state index contributed by atoms with van der Waals surface area (Å²) in [7, 11) is 5.30. The molecule has 2 heterocycles. The van der Waals surface area contributed by atoms with Crippen LogP contribution in [0.25, 0.3) is 0 Å². The van der Waals surface area contributed by atoms with Crippen LogP contribution in [0.15, 0.2) is 0 Å². The Labute approximate surface area is 151 Å². The van der Waals surface area contributed by atoms with Gasteiger partial charge < -0.3 is 19.4 Å². The molecule has 7 heteroatoms. The smallest absolute Gasteiger partial charge is 0.236 e. The molecule has 0 aromatic rings. The zero-order chi connectivity index (χ0) is 18.2. The van der Waals surface area contributed by atoms with Crippen LogP contribution in [0, 0.1) is 5.92 Å². The first-order chi connectivity index (χ1) is 12.0. The van der Waals surface area contributed by atoms with Crippen molar-refractivity contribution in [2.24, 2.45) is 5.92 Å². The van der Waals surface area contributed by atoms with E-state index in [0.717, 1.165) is 71.7 Å². The number of carbonyl (C=O) groups is 2. The third-order valence-electron chi connectivity index (χ3n) is 5.31. The lowest BCUT2D eigenvalue weighted by Crippen LogP contribution is -2.44. The SMILES string of the molecule is COCCN1CCC(C(=O)N2CCCN(CC(=O)N(C)C)CC2)CC1. The van der Waals surface area contributed by atoms with Crippen LogP contribution >= 0.6 is 0 Å². The Morgan fingerprint density at radius 2 is 1.72 bits per heavy atom. The predicted octanol–water partition coefficient (Wildman–Crippen LogP) is -0.0327. The van der Waals surface area contributed by atoms with E-state index in [9.17, 15) is 9.59 Å². The van der Waals surface area contributed by atoms with Gasteiger partial charge >= 0.3 is 0 Å². The number of hydrogen-bond donors (Lipinski definition) is 0. The van der Waals surface area contributed by atoms with Gasteiger partial charge in [-0.1, -0.05) is 0 Å². The number of ether oxygens (including phenoxy) is 1. The van der Waals surface area contributed by atoms with Crippen molar-refractivity contribution < 1.29 is 14.3 Å². The maximum atomic E-state index is 12.9. The molecule has 0 bridgehead atoms. The second kappa shape index (κ2) is 10.1. The van der Waals surface area contributed by atoms with Crippen LogP contribution in [0.5, 0.6) is 0 Å². The van der Waals surface area contributed by atoms with Gasteiger partial charge in [0.15, 0.2) is 0 Å². The maximum Gasteiger partial charge on any atom is 0.236 e. The number of piperidine rings is 1. The van der Waals surface area contributed by atoms with Crippen LogP contribution in [0.3, 0.4) is 0 Å². The van der Waals surface area contributed by atoms with Crippen molar-refractivity contribution in [2.45, 2.75) is 19.3 Å². The standard InChI is InChI=1S/C18H34N4O3/c1-19(2)17(23)15-21-7-4-8-22(12-11-21)18(24)16-5-9-20(10-6-16)13-14-25-3/h16H,4-15H2,1-3H3. The zero-order valence-corrected chi connectivity index (χ0v) is 16.1. The van der Waals surface area contributed by atoms with Crippen molar-refractivity contribution in [1.29, 1.82) is 0 Å². The van der Waals surface area contributed by atoms with Crippen molar-refractivity contribution in [1.82, 2.24) is 19.6 Å². The molecule has 2 aliphatic heterocycles. The van der Waals surface area contributed by atoms with Gasteiger partial charge in [0.1, 0.15) is 0 Å². The Kier molecular flexibility index (Phi) is 8.12. The summed E-state index contributed by atoms with van der Waals surface area (Å²) in [5, 5.41) is 0. The monoisotopic (exact) mass is 354 g/mol. The molecule has 0 saturated carbocycles. The molecule has 25 heavy (non-hydrogen) atoms. The maximum absolute atomic E-state index is 12.9. The van der Waals surface area contributed by atoms with Gasteiger partial charge in [0, 0.05) is 59.8 Å². The van der Waals surface area contributed by atoms with E-state index in [1.807, 2.05) is 4.90 Å². The van der Waals surface area contributed by atoms with Gasteiger partial charge in [-0.25, -0.2) is 0 Å². The lowest BCUT2D eigenvalue weighted by atomic mass is 9.95. The first kappa shape index (κ1) is 20.1. The zero-order valence-electron chi connectivity index (χ0n) is 16.1. The van der Waals surface area contributed by atoms with Gasteiger partial charge in [0.2, 0.25) is 11.8 Å². The molecule has 0 N–H and O–H groups in total. The predicted molar refractivity (Wildman–Crippen MR) is 97.4 cm³/mol. The highest BCUT2D eigenvalue weighted by Gasteiger charge is 2.29. The van der Waals surface area contributed by atoms with Crippen molar-refractivity contribution in [3.63, 3.8) is 0 Å². The highest BCUT2D eigenvalue weighted by atomic mass is 16.5. The van der Waals surface area contributed by atoms with Gasteiger partial charge in [-0.05, 0) is 32.4 Å². The van der Waals surface area contributed by atoms with E-state index in [4.69, 9.17) is 4.74 Å². The van der Waals surface area contributed by atoms with Gasteiger partial charge in [-0.15, -0.1) is 0 Å². The number of likely N-dealkylation sites (tertiary alicyclic amines) is 1. The third kappa shape index (κ3) is 6.24. The average molecular weight is 354 g/mol. The molecule has 0 atom stereocenters. The Hall–Kier alpha value is -1.18. The number of methoxy groups -OCH3 is 1.